The predicted molar refractivity (Wildman–Crippen MR) is 276 cm³/mol. The lowest BCUT2D eigenvalue weighted by molar-refractivity contribution is 0.506. The van der Waals surface area contributed by atoms with Gasteiger partial charge in [0.15, 0.2) is 0 Å². The van der Waals surface area contributed by atoms with Crippen molar-refractivity contribution in [2.24, 2.45) is 0 Å². The minimum absolute atomic E-state index is 0.0445. The van der Waals surface area contributed by atoms with Crippen molar-refractivity contribution in [2.75, 3.05) is 12.4 Å². The smallest absolute Gasteiger partial charge is 0.104 e. The zero-order valence-corrected chi connectivity index (χ0v) is 37.5. The van der Waals surface area contributed by atoms with Gasteiger partial charge < -0.3 is 16.0 Å². The standard InChI is InChI=1S/C59H50N4.C2H6/c1-60-57(44-30-26-42(27-31-44)51-20-10-14-40-12-2-4-16-49(40)51)53-18-6-8-22-55(53)61-38-39-24-25-47-37-48(35-34-46(47)36-39)59-62-56-23-9-7-19-54(56)58(63-59)45-32-28-43(29-33-45)52-21-11-15-41-13-3-5-17-50(41)52;1-2/h2-5,7-17,19-37,57-63H,6,18,38H2,1H3;1-2H3. The number of benzene rings is 9. The molecule has 0 radical (unpaired) electrons. The molecule has 1 aliphatic heterocycles. The summed E-state index contributed by atoms with van der Waals surface area (Å²) in [6, 6.07) is 71.2. The summed E-state index contributed by atoms with van der Waals surface area (Å²) in [6.45, 7) is 4.75. The predicted octanol–water partition coefficient (Wildman–Crippen LogP) is 15.0. The van der Waals surface area contributed by atoms with Crippen LogP contribution in [0.4, 0.5) is 5.69 Å². The maximum Gasteiger partial charge on any atom is 0.104 e. The molecule has 2 aliphatic rings. The van der Waals surface area contributed by atoms with E-state index in [0.717, 1.165) is 25.1 Å². The highest BCUT2D eigenvalue weighted by molar-refractivity contribution is 5.97. The summed E-state index contributed by atoms with van der Waals surface area (Å²) in [4.78, 5) is 0. The zero-order valence-electron chi connectivity index (χ0n) is 37.5. The Balaban J connectivity index is 0.00000246. The number of hydrogen-bond acceptors (Lipinski definition) is 4. The third-order valence-electron chi connectivity index (χ3n) is 13.2. The van der Waals surface area contributed by atoms with Crippen LogP contribution in [0.2, 0.25) is 0 Å². The monoisotopic (exact) mass is 844 g/mol. The van der Waals surface area contributed by atoms with Crippen LogP contribution in [0.1, 0.15) is 72.8 Å². The van der Waals surface area contributed by atoms with Crippen molar-refractivity contribution >= 4 is 38.0 Å². The van der Waals surface area contributed by atoms with Gasteiger partial charge in [-0.25, -0.2) is 0 Å². The van der Waals surface area contributed by atoms with Gasteiger partial charge in [0.1, 0.15) is 6.17 Å². The number of likely N-dealkylation sites (N-methyl/N-ethyl adjacent to an activating group) is 1. The molecule has 4 N–H and O–H groups in total. The summed E-state index contributed by atoms with van der Waals surface area (Å²) < 4.78 is 0. The molecule has 0 spiro atoms. The van der Waals surface area contributed by atoms with Crippen molar-refractivity contribution in [3.8, 4) is 22.3 Å². The van der Waals surface area contributed by atoms with E-state index >= 15 is 0 Å². The topological polar surface area (TPSA) is 48.1 Å². The molecule has 0 saturated carbocycles. The molecule has 9 aromatic carbocycles. The third-order valence-corrected chi connectivity index (χ3v) is 13.2. The summed E-state index contributed by atoms with van der Waals surface area (Å²) in [6.07, 6.45) is 6.57. The van der Waals surface area contributed by atoms with Gasteiger partial charge >= 0.3 is 0 Å². The summed E-state index contributed by atoms with van der Waals surface area (Å²) in [7, 11) is 2.08. The molecule has 9 aromatic rings. The largest absolute Gasteiger partial charge is 0.381 e. The molecule has 4 heteroatoms. The van der Waals surface area contributed by atoms with Gasteiger partial charge in [-0.1, -0.05) is 196 Å². The van der Waals surface area contributed by atoms with Gasteiger partial charge in [0.2, 0.25) is 0 Å². The average molecular weight is 845 g/mol. The molecule has 3 unspecified atom stereocenters. The van der Waals surface area contributed by atoms with E-state index in [9.17, 15) is 0 Å². The van der Waals surface area contributed by atoms with Crippen molar-refractivity contribution in [3.63, 3.8) is 0 Å². The molecule has 0 fully saturated rings. The fraction of sp³-hybridized carbons (Fsp3) is 0.148. The lowest BCUT2D eigenvalue weighted by atomic mass is 9.89. The molecule has 1 heterocycles. The summed E-state index contributed by atoms with van der Waals surface area (Å²) >= 11 is 0. The number of allylic oxidation sites excluding steroid dienone is 2. The van der Waals surface area contributed by atoms with Crippen LogP contribution in [-0.4, -0.2) is 7.05 Å². The SMILES string of the molecule is CC.CNC(C1=C(NCc2ccc3cc(C4Nc5ccccc5C(c5ccc(-c6cccc7ccccc67)cc5)N4)ccc3c2)C=CCC1)c1ccc(-c2cccc3ccccc23)cc1. The molecule has 320 valence electrons. The number of hydrogen-bond donors (Lipinski definition) is 4. The molecule has 3 atom stereocenters. The highest BCUT2D eigenvalue weighted by atomic mass is 15.2. The van der Waals surface area contributed by atoms with Crippen molar-refractivity contribution in [1.29, 1.82) is 0 Å². The van der Waals surface area contributed by atoms with Crippen LogP contribution < -0.4 is 21.3 Å². The van der Waals surface area contributed by atoms with Crippen LogP contribution in [-0.2, 0) is 6.54 Å². The van der Waals surface area contributed by atoms with E-state index in [4.69, 9.17) is 0 Å². The quantitative estimate of drug-likeness (QED) is 0.111. The maximum absolute atomic E-state index is 3.97. The first-order chi connectivity index (χ1) is 32.2. The molecule has 1 aliphatic carbocycles. The average Bonchev–Trinajstić information content (AvgIpc) is 3.38. The summed E-state index contributed by atoms with van der Waals surface area (Å²) in [5.74, 6) is 0. The molecule has 0 saturated heterocycles. The number of anilines is 1. The maximum atomic E-state index is 3.97. The third kappa shape index (κ3) is 8.47. The van der Waals surface area contributed by atoms with Gasteiger partial charge in [-0.2, -0.15) is 0 Å². The van der Waals surface area contributed by atoms with Crippen LogP contribution in [0, 0.1) is 0 Å². The highest BCUT2D eigenvalue weighted by Crippen LogP contribution is 2.39. The minimum atomic E-state index is -0.0497. The fourth-order valence-corrected chi connectivity index (χ4v) is 9.95. The molecular formula is C61H56N4. The van der Waals surface area contributed by atoms with Gasteiger partial charge in [0, 0.05) is 17.9 Å². The number of para-hydroxylation sites is 1. The molecule has 11 rings (SSSR count). The Kier molecular flexibility index (Phi) is 12.1. The second-order valence-corrected chi connectivity index (χ2v) is 17.0. The van der Waals surface area contributed by atoms with Gasteiger partial charge in [0.05, 0.1) is 12.1 Å². The van der Waals surface area contributed by atoms with Gasteiger partial charge in [0.25, 0.3) is 0 Å². The molecular weight excluding hydrogens is 789 g/mol. The Morgan fingerprint density at radius 3 is 1.88 bits per heavy atom. The minimum Gasteiger partial charge on any atom is -0.381 e. The van der Waals surface area contributed by atoms with E-state index in [1.807, 2.05) is 13.8 Å². The summed E-state index contributed by atoms with van der Waals surface area (Å²) in [5.41, 5.74) is 15.0. The van der Waals surface area contributed by atoms with Crippen LogP contribution in [0.25, 0.3) is 54.6 Å². The molecule has 0 bridgehead atoms. The first kappa shape index (κ1) is 41.8. The van der Waals surface area contributed by atoms with Gasteiger partial charge in [-0.05, 0) is 132 Å². The molecule has 0 aromatic heterocycles. The van der Waals surface area contributed by atoms with Crippen LogP contribution >= 0.6 is 0 Å². The van der Waals surface area contributed by atoms with E-state index in [1.165, 1.54) is 93.7 Å². The second kappa shape index (κ2) is 18.8. The first-order valence-electron chi connectivity index (χ1n) is 23.3. The van der Waals surface area contributed by atoms with Crippen molar-refractivity contribution in [3.05, 3.63) is 245 Å². The van der Waals surface area contributed by atoms with Crippen LogP contribution in [0.15, 0.2) is 218 Å². The van der Waals surface area contributed by atoms with E-state index in [2.05, 4.69) is 235 Å². The molecule has 0 amide bonds. The Morgan fingerprint density at radius 2 is 1.17 bits per heavy atom. The first-order valence-corrected chi connectivity index (χ1v) is 23.3. The van der Waals surface area contributed by atoms with Gasteiger partial charge in [-0.15, -0.1) is 0 Å². The van der Waals surface area contributed by atoms with Crippen molar-refractivity contribution in [2.45, 2.75) is 51.5 Å². The van der Waals surface area contributed by atoms with Crippen LogP contribution in [0.5, 0.6) is 0 Å². The summed E-state index contributed by atoms with van der Waals surface area (Å²) in [5, 5.41) is 22.8. The second-order valence-electron chi connectivity index (χ2n) is 17.0. The van der Waals surface area contributed by atoms with E-state index < -0.39 is 0 Å². The van der Waals surface area contributed by atoms with E-state index in [0.29, 0.717) is 0 Å². The van der Waals surface area contributed by atoms with Gasteiger partial charge in [-0.3, -0.25) is 5.32 Å². The number of rotatable bonds is 10. The Bertz CT molecular complexity index is 3170. The normalized spacial score (nSPS) is 16.1. The Labute approximate surface area is 383 Å². The number of nitrogens with one attached hydrogen (secondary N) is 4. The number of fused-ring (bicyclic) bond motifs is 4. The molecule has 65 heavy (non-hydrogen) atoms. The fourth-order valence-electron chi connectivity index (χ4n) is 9.95. The zero-order chi connectivity index (χ0) is 44.1. The van der Waals surface area contributed by atoms with Crippen molar-refractivity contribution < 1.29 is 0 Å². The lowest BCUT2D eigenvalue weighted by Gasteiger charge is -2.35. The molecule has 4 nitrogen and oxygen atoms in total. The van der Waals surface area contributed by atoms with Crippen molar-refractivity contribution in [1.82, 2.24) is 16.0 Å². The van der Waals surface area contributed by atoms with E-state index in [1.54, 1.807) is 0 Å². The van der Waals surface area contributed by atoms with E-state index in [-0.39, 0.29) is 18.2 Å². The Hall–Kier alpha value is -7.24. The van der Waals surface area contributed by atoms with Crippen LogP contribution in [0.3, 0.4) is 0 Å². The lowest BCUT2D eigenvalue weighted by Crippen LogP contribution is -2.37. The highest BCUT2D eigenvalue weighted by Gasteiger charge is 2.28. The Morgan fingerprint density at radius 1 is 0.569 bits per heavy atom.